The van der Waals surface area contributed by atoms with Gasteiger partial charge in [-0.15, -0.1) is 0 Å². The molecule has 2 nitrogen and oxygen atoms in total. The summed E-state index contributed by atoms with van der Waals surface area (Å²) in [5.41, 5.74) is 15.7. The summed E-state index contributed by atoms with van der Waals surface area (Å²) in [6.07, 6.45) is 17.5. The molecular weight excluding hydrogens is 917 g/mol. The summed E-state index contributed by atoms with van der Waals surface area (Å²) >= 11 is 0. The largest absolute Gasteiger partial charge is 0.309 e. The normalized spacial score (nSPS) is 11.7. The monoisotopic (exact) mass is 970 g/mol. The van der Waals surface area contributed by atoms with Gasteiger partial charge in [0, 0.05) is 44.3 Å². The van der Waals surface area contributed by atoms with Crippen LogP contribution in [0.1, 0.15) is 44.5 Å². The lowest BCUT2D eigenvalue weighted by atomic mass is 9.93. The standard InChI is InChI=1S/C74H54N2/c1-5-17-55(18-6-1)29-33-59-37-45-65(46-38-59)75(66-47-39-60(40-48-66)34-30-56-19-7-2-8-20-56)73-69-27-15-16-28-70(69)74(72-54-64-26-14-13-25-63(64)53-71(72)73)76(67-49-41-61(42-50-67)35-31-57-21-9-3-10-22-57)68-51-43-62(44-52-68)36-32-58-23-11-4-12-24-58/h1-54H. The Bertz CT molecular complexity index is 3570. The summed E-state index contributed by atoms with van der Waals surface area (Å²) in [4.78, 5) is 4.93. The predicted octanol–water partition coefficient (Wildman–Crippen LogP) is 20.8. The molecule has 0 N–H and O–H groups in total. The maximum absolute atomic E-state index is 2.46. The third-order valence-electron chi connectivity index (χ3n) is 14.0. The minimum Gasteiger partial charge on any atom is -0.309 e. The topological polar surface area (TPSA) is 6.48 Å². The van der Waals surface area contributed by atoms with Crippen molar-refractivity contribution in [2.45, 2.75) is 0 Å². The Kier molecular flexibility index (Phi) is 13.6. The molecule has 0 fully saturated rings. The molecule has 0 amide bonds. The van der Waals surface area contributed by atoms with Crippen LogP contribution in [0.25, 0.3) is 80.9 Å². The van der Waals surface area contributed by atoms with Gasteiger partial charge in [-0.1, -0.05) is 267 Å². The quantitative estimate of drug-likeness (QED) is 0.0609. The second-order valence-corrected chi connectivity index (χ2v) is 19.0. The first-order valence-electron chi connectivity index (χ1n) is 26.0. The van der Waals surface area contributed by atoms with Gasteiger partial charge in [-0.05, 0) is 116 Å². The molecule has 0 aliphatic carbocycles. The van der Waals surface area contributed by atoms with E-state index in [0.717, 1.165) is 77.9 Å². The Hall–Kier alpha value is -10.0. The average molecular weight is 971 g/mol. The maximum Gasteiger partial charge on any atom is 0.0620 e. The molecule has 360 valence electrons. The zero-order valence-electron chi connectivity index (χ0n) is 42.1. The van der Waals surface area contributed by atoms with Crippen LogP contribution in [0, 0.1) is 0 Å². The molecule has 0 heterocycles. The number of fused-ring (bicyclic) bond motifs is 3. The van der Waals surface area contributed by atoms with Crippen molar-refractivity contribution in [1.82, 2.24) is 0 Å². The molecule has 0 aliphatic heterocycles. The Balaban J connectivity index is 1.06. The van der Waals surface area contributed by atoms with Crippen LogP contribution < -0.4 is 9.80 Å². The minimum atomic E-state index is 1.06. The Labute approximate surface area is 446 Å². The molecule has 12 aromatic carbocycles. The molecule has 0 atom stereocenters. The number of rotatable bonds is 14. The number of anilines is 6. The van der Waals surface area contributed by atoms with E-state index in [9.17, 15) is 0 Å². The van der Waals surface area contributed by atoms with Crippen LogP contribution in [-0.4, -0.2) is 0 Å². The van der Waals surface area contributed by atoms with Gasteiger partial charge in [-0.2, -0.15) is 0 Å². The summed E-state index contributed by atoms with van der Waals surface area (Å²) in [6, 6.07) is 100. The van der Waals surface area contributed by atoms with Crippen LogP contribution in [0.4, 0.5) is 34.1 Å². The van der Waals surface area contributed by atoms with Crippen molar-refractivity contribution in [3.63, 3.8) is 0 Å². The molecule has 0 saturated carbocycles. The first kappa shape index (κ1) is 47.0. The van der Waals surface area contributed by atoms with Crippen LogP contribution in [0.2, 0.25) is 0 Å². The molecule has 2 heteroatoms. The van der Waals surface area contributed by atoms with Crippen molar-refractivity contribution in [3.05, 3.63) is 324 Å². The number of benzene rings is 12. The summed E-state index contributed by atoms with van der Waals surface area (Å²) in [5, 5.41) is 6.91. The first-order valence-corrected chi connectivity index (χ1v) is 26.0. The lowest BCUT2D eigenvalue weighted by molar-refractivity contribution is 1.29. The zero-order valence-corrected chi connectivity index (χ0v) is 42.1. The molecule has 12 aromatic rings. The van der Waals surface area contributed by atoms with Crippen molar-refractivity contribution in [1.29, 1.82) is 0 Å². The van der Waals surface area contributed by atoms with Crippen molar-refractivity contribution >= 4 is 115 Å². The van der Waals surface area contributed by atoms with E-state index in [1.165, 1.54) is 33.0 Å². The van der Waals surface area contributed by atoms with E-state index < -0.39 is 0 Å². The van der Waals surface area contributed by atoms with Gasteiger partial charge in [-0.25, -0.2) is 0 Å². The van der Waals surface area contributed by atoms with Crippen molar-refractivity contribution in [2.24, 2.45) is 0 Å². The van der Waals surface area contributed by atoms with Crippen LogP contribution in [-0.2, 0) is 0 Å². The zero-order chi connectivity index (χ0) is 50.9. The maximum atomic E-state index is 2.46. The van der Waals surface area contributed by atoms with Crippen molar-refractivity contribution in [2.75, 3.05) is 9.80 Å². The third-order valence-corrected chi connectivity index (χ3v) is 14.0. The molecule has 76 heavy (non-hydrogen) atoms. The summed E-state index contributed by atoms with van der Waals surface area (Å²) in [6.45, 7) is 0. The molecule has 0 unspecified atom stereocenters. The number of hydrogen-bond donors (Lipinski definition) is 0. The molecule has 0 spiro atoms. The third kappa shape index (κ3) is 10.4. The Morgan fingerprint density at radius 1 is 0.184 bits per heavy atom. The van der Waals surface area contributed by atoms with Gasteiger partial charge < -0.3 is 9.80 Å². The molecule has 0 aromatic heterocycles. The van der Waals surface area contributed by atoms with E-state index in [1.807, 2.05) is 0 Å². The highest BCUT2D eigenvalue weighted by Crippen LogP contribution is 2.52. The second kappa shape index (κ2) is 22.0. The minimum absolute atomic E-state index is 1.06. The molecule has 0 radical (unpaired) electrons. The Morgan fingerprint density at radius 2 is 0.395 bits per heavy atom. The van der Waals surface area contributed by atoms with Crippen LogP contribution in [0.15, 0.2) is 279 Å². The molecule has 0 bridgehead atoms. The average Bonchev–Trinajstić information content (AvgIpc) is 3.56. The van der Waals surface area contributed by atoms with E-state index in [0.29, 0.717) is 0 Å². The van der Waals surface area contributed by atoms with E-state index in [1.54, 1.807) is 0 Å². The SMILES string of the molecule is C(=Cc1ccc(N(c2ccc(C=Cc3ccccc3)cc2)c2c3ccccc3c(N(c3ccc(C=Cc4ccccc4)cc3)c3ccc(C=Cc4ccccc4)cc3)c3cc4ccccc4cc23)cc1)c1ccccc1. The van der Waals surface area contributed by atoms with Gasteiger partial charge >= 0.3 is 0 Å². The predicted molar refractivity (Wildman–Crippen MR) is 330 cm³/mol. The van der Waals surface area contributed by atoms with Gasteiger partial charge in [0.05, 0.1) is 11.4 Å². The molecular formula is C74H54N2. The van der Waals surface area contributed by atoms with Crippen molar-refractivity contribution in [3.8, 4) is 0 Å². The highest BCUT2D eigenvalue weighted by Gasteiger charge is 2.26. The smallest absolute Gasteiger partial charge is 0.0620 e. The van der Waals surface area contributed by atoms with Crippen LogP contribution in [0.5, 0.6) is 0 Å². The van der Waals surface area contributed by atoms with Gasteiger partial charge in [-0.3, -0.25) is 0 Å². The Morgan fingerprint density at radius 3 is 0.645 bits per heavy atom. The fourth-order valence-corrected chi connectivity index (χ4v) is 10.1. The lowest BCUT2D eigenvalue weighted by Gasteiger charge is -2.33. The van der Waals surface area contributed by atoms with Gasteiger partial charge in [0.2, 0.25) is 0 Å². The summed E-state index contributed by atoms with van der Waals surface area (Å²) < 4.78 is 0. The highest BCUT2D eigenvalue weighted by atomic mass is 15.2. The summed E-state index contributed by atoms with van der Waals surface area (Å²) in [5.74, 6) is 0. The van der Waals surface area contributed by atoms with Gasteiger partial charge in [0.15, 0.2) is 0 Å². The van der Waals surface area contributed by atoms with E-state index in [4.69, 9.17) is 0 Å². The van der Waals surface area contributed by atoms with Gasteiger partial charge in [0.25, 0.3) is 0 Å². The van der Waals surface area contributed by atoms with E-state index in [-0.39, 0.29) is 0 Å². The molecule has 12 rings (SSSR count). The lowest BCUT2D eigenvalue weighted by Crippen LogP contribution is -2.14. The fraction of sp³-hybridized carbons (Fsp3) is 0. The van der Waals surface area contributed by atoms with E-state index in [2.05, 4.69) is 337 Å². The van der Waals surface area contributed by atoms with E-state index >= 15 is 0 Å². The second-order valence-electron chi connectivity index (χ2n) is 19.0. The fourth-order valence-electron chi connectivity index (χ4n) is 10.1. The summed E-state index contributed by atoms with van der Waals surface area (Å²) in [7, 11) is 0. The number of hydrogen-bond acceptors (Lipinski definition) is 2. The molecule has 0 saturated heterocycles. The first-order chi connectivity index (χ1) is 37.7. The highest BCUT2D eigenvalue weighted by molar-refractivity contribution is 6.25. The van der Waals surface area contributed by atoms with Crippen molar-refractivity contribution < 1.29 is 0 Å². The molecule has 0 aliphatic rings. The van der Waals surface area contributed by atoms with Crippen LogP contribution in [0.3, 0.4) is 0 Å². The van der Waals surface area contributed by atoms with Crippen LogP contribution >= 0.6 is 0 Å². The number of nitrogens with zero attached hydrogens (tertiary/aromatic N) is 2. The van der Waals surface area contributed by atoms with Gasteiger partial charge in [0.1, 0.15) is 0 Å².